The molecule has 36 heavy (non-hydrogen) atoms. The molecule has 1 saturated carbocycles. The van der Waals surface area contributed by atoms with E-state index in [0.29, 0.717) is 29.4 Å². The third kappa shape index (κ3) is 4.18. The van der Waals surface area contributed by atoms with Crippen molar-refractivity contribution in [2.45, 2.75) is 58.2 Å². The van der Waals surface area contributed by atoms with Crippen molar-refractivity contribution in [3.63, 3.8) is 0 Å². The van der Waals surface area contributed by atoms with E-state index in [1.165, 1.54) is 0 Å². The molecule has 2 aromatic heterocycles. The Morgan fingerprint density at radius 3 is 2.69 bits per heavy atom. The van der Waals surface area contributed by atoms with Gasteiger partial charge in [0, 0.05) is 23.9 Å². The third-order valence-corrected chi connectivity index (χ3v) is 7.35. The first-order valence-corrected chi connectivity index (χ1v) is 12.2. The summed E-state index contributed by atoms with van der Waals surface area (Å²) in [6, 6.07) is 13.4. The monoisotopic (exact) mass is 485 g/mol. The number of aliphatic hydroxyl groups is 1. The number of aryl methyl sites for hydroxylation is 2. The van der Waals surface area contributed by atoms with Crippen LogP contribution in [-0.2, 0) is 6.54 Å². The Kier molecular flexibility index (Phi) is 5.92. The Labute approximate surface area is 209 Å². The molecule has 1 aliphatic rings. The standard InChI is InChI=1S/C28H31N5O3/c1-16-6-7-17(2)20(13-16)26(34)30-14-18-8-10-19(11-9-18)21-15-33(22-5-4-12-28(22,3)36)24-23(21)25(29)31-32-27(24)35/h6-11,13,15,22,36H,4-5,12,14H2,1-3H3,(H2,29,31)(H,30,34)(H,32,35). The average Bonchev–Trinajstić information content (AvgIpc) is 3.42. The van der Waals surface area contributed by atoms with Crippen molar-refractivity contribution in [1.29, 1.82) is 0 Å². The minimum Gasteiger partial charge on any atom is -0.388 e. The summed E-state index contributed by atoms with van der Waals surface area (Å²) < 4.78 is 1.87. The maximum atomic E-state index is 12.8. The fourth-order valence-electron chi connectivity index (χ4n) is 5.33. The second-order valence-electron chi connectivity index (χ2n) is 10.1. The van der Waals surface area contributed by atoms with Crippen LogP contribution < -0.4 is 16.6 Å². The van der Waals surface area contributed by atoms with Gasteiger partial charge in [-0.05, 0) is 62.8 Å². The zero-order chi connectivity index (χ0) is 25.6. The highest BCUT2D eigenvalue weighted by Gasteiger charge is 2.39. The van der Waals surface area contributed by atoms with E-state index in [9.17, 15) is 14.7 Å². The van der Waals surface area contributed by atoms with Gasteiger partial charge in [0.1, 0.15) is 5.52 Å². The van der Waals surface area contributed by atoms with E-state index in [4.69, 9.17) is 5.73 Å². The quantitative estimate of drug-likeness (QED) is 0.340. The van der Waals surface area contributed by atoms with Crippen LogP contribution in [0.2, 0.25) is 0 Å². The number of nitrogens with two attached hydrogens (primary N) is 1. The molecular formula is C28H31N5O3. The van der Waals surface area contributed by atoms with Gasteiger partial charge in [-0.1, -0.05) is 42.0 Å². The lowest BCUT2D eigenvalue weighted by atomic mass is 10.0. The maximum absolute atomic E-state index is 12.8. The average molecular weight is 486 g/mol. The van der Waals surface area contributed by atoms with Crippen molar-refractivity contribution in [1.82, 2.24) is 20.1 Å². The Morgan fingerprint density at radius 1 is 1.25 bits per heavy atom. The number of carbonyl (C=O) groups excluding carboxylic acids is 1. The fraction of sp³-hybridized carbons (Fsp3) is 0.321. The van der Waals surface area contributed by atoms with Gasteiger partial charge in [-0.25, -0.2) is 5.10 Å². The Morgan fingerprint density at radius 2 is 2.00 bits per heavy atom. The first kappa shape index (κ1) is 23.8. The van der Waals surface area contributed by atoms with Gasteiger partial charge in [0.15, 0.2) is 5.82 Å². The predicted octanol–water partition coefficient (Wildman–Crippen LogP) is 4.00. The van der Waals surface area contributed by atoms with Crippen molar-refractivity contribution in [2.24, 2.45) is 0 Å². The molecule has 4 aromatic rings. The number of anilines is 1. The second kappa shape index (κ2) is 8.95. The van der Waals surface area contributed by atoms with Crippen LogP contribution in [0.25, 0.3) is 22.0 Å². The summed E-state index contributed by atoms with van der Waals surface area (Å²) in [7, 11) is 0. The van der Waals surface area contributed by atoms with Gasteiger partial charge in [0.25, 0.3) is 11.5 Å². The lowest BCUT2D eigenvalue weighted by Gasteiger charge is -2.27. The molecule has 0 spiro atoms. The van der Waals surface area contributed by atoms with E-state index in [0.717, 1.165) is 40.7 Å². The van der Waals surface area contributed by atoms with Crippen LogP contribution in [0.15, 0.2) is 53.5 Å². The molecule has 0 bridgehead atoms. The van der Waals surface area contributed by atoms with Gasteiger partial charge in [0.2, 0.25) is 0 Å². The Balaban J connectivity index is 1.45. The summed E-state index contributed by atoms with van der Waals surface area (Å²) in [5, 5.41) is 21.0. The molecule has 5 rings (SSSR count). The van der Waals surface area contributed by atoms with Crippen LogP contribution in [0.3, 0.4) is 0 Å². The Hall–Kier alpha value is -3.91. The molecule has 1 amide bonds. The number of rotatable bonds is 5. The molecular weight excluding hydrogens is 454 g/mol. The summed E-state index contributed by atoms with van der Waals surface area (Å²) in [6.45, 7) is 6.10. The number of nitrogen functional groups attached to an aromatic ring is 1. The van der Waals surface area contributed by atoms with Gasteiger partial charge in [-0.2, -0.15) is 5.10 Å². The number of aromatic nitrogens is 3. The molecule has 0 aliphatic heterocycles. The lowest BCUT2D eigenvalue weighted by Crippen LogP contribution is -2.32. The van der Waals surface area contributed by atoms with Crippen LogP contribution >= 0.6 is 0 Å². The van der Waals surface area contributed by atoms with Crippen molar-refractivity contribution >= 4 is 22.6 Å². The number of benzene rings is 2. The smallest absolute Gasteiger partial charge is 0.288 e. The summed E-state index contributed by atoms with van der Waals surface area (Å²) in [5.41, 5.74) is 10.7. The first-order chi connectivity index (χ1) is 17.2. The Bertz CT molecular complexity index is 1510. The summed E-state index contributed by atoms with van der Waals surface area (Å²) >= 11 is 0. The highest BCUT2D eigenvalue weighted by Crippen LogP contribution is 2.43. The summed E-state index contributed by atoms with van der Waals surface area (Å²) in [4.78, 5) is 25.5. The maximum Gasteiger partial charge on any atom is 0.288 e. The highest BCUT2D eigenvalue weighted by molar-refractivity contribution is 6.02. The topological polar surface area (TPSA) is 126 Å². The molecule has 2 heterocycles. The van der Waals surface area contributed by atoms with Gasteiger partial charge in [0.05, 0.1) is 17.0 Å². The largest absolute Gasteiger partial charge is 0.388 e. The summed E-state index contributed by atoms with van der Waals surface area (Å²) in [6.07, 6.45) is 4.23. The zero-order valence-electron chi connectivity index (χ0n) is 20.8. The lowest BCUT2D eigenvalue weighted by molar-refractivity contribution is 0.0280. The van der Waals surface area contributed by atoms with Crippen LogP contribution in [0.4, 0.5) is 5.82 Å². The molecule has 2 aromatic carbocycles. The molecule has 8 nitrogen and oxygen atoms in total. The molecule has 2 unspecified atom stereocenters. The van der Waals surface area contributed by atoms with Crippen molar-refractivity contribution in [2.75, 3.05) is 5.73 Å². The van der Waals surface area contributed by atoms with Crippen LogP contribution in [0, 0.1) is 13.8 Å². The van der Waals surface area contributed by atoms with Gasteiger partial charge >= 0.3 is 0 Å². The highest BCUT2D eigenvalue weighted by atomic mass is 16.3. The third-order valence-electron chi connectivity index (χ3n) is 7.35. The number of hydrogen-bond acceptors (Lipinski definition) is 5. The van der Waals surface area contributed by atoms with E-state index < -0.39 is 5.60 Å². The van der Waals surface area contributed by atoms with Crippen LogP contribution in [0.5, 0.6) is 0 Å². The van der Waals surface area contributed by atoms with E-state index >= 15 is 0 Å². The number of nitrogens with zero attached hydrogens (tertiary/aromatic N) is 2. The van der Waals surface area contributed by atoms with Gasteiger partial charge in [-0.3, -0.25) is 9.59 Å². The molecule has 1 fully saturated rings. The normalized spacial score (nSPS) is 19.6. The number of fused-ring (bicyclic) bond motifs is 1. The molecule has 8 heteroatoms. The SMILES string of the molecule is Cc1ccc(C)c(C(=O)NCc2ccc(-c3cn(C4CCCC4(C)O)c4c(=O)[nH]nc(N)c34)cc2)c1. The molecule has 5 N–H and O–H groups in total. The van der Waals surface area contributed by atoms with E-state index in [1.54, 1.807) is 0 Å². The molecule has 2 atom stereocenters. The fourth-order valence-corrected chi connectivity index (χ4v) is 5.33. The predicted molar refractivity (Wildman–Crippen MR) is 141 cm³/mol. The van der Waals surface area contributed by atoms with E-state index in [2.05, 4.69) is 15.5 Å². The number of carbonyl (C=O) groups is 1. The van der Waals surface area contributed by atoms with E-state index in [1.807, 2.05) is 74.0 Å². The molecule has 1 aliphatic carbocycles. The van der Waals surface area contributed by atoms with Gasteiger partial charge in [-0.15, -0.1) is 0 Å². The first-order valence-electron chi connectivity index (χ1n) is 12.2. The number of hydrogen-bond donors (Lipinski definition) is 4. The minimum absolute atomic E-state index is 0.106. The zero-order valence-corrected chi connectivity index (χ0v) is 20.8. The van der Waals surface area contributed by atoms with Crippen LogP contribution in [-0.4, -0.2) is 31.4 Å². The number of nitrogens with one attached hydrogen (secondary N) is 2. The van der Waals surface area contributed by atoms with Gasteiger partial charge < -0.3 is 20.7 Å². The number of H-pyrrole nitrogens is 1. The van der Waals surface area contributed by atoms with Crippen LogP contribution in [0.1, 0.15) is 59.3 Å². The van der Waals surface area contributed by atoms with Crippen molar-refractivity contribution < 1.29 is 9.90 Å². The van der Waals surface area contributed by atoms with Crippen molar-refractivity contribution in [3.05, 3.63) is 81.3 Å². The summed E-state index contributed by atoms with van der Waals surface area (Å²) in [5.74, 6) is 0.130. The minimum atomic E-state index is -0.911. The van der Waals surface area contributed by atoms with E-state index in [-0.39, 0.29) is 23.3 Å². The molecule has 0 saturated heterocycles. The van der Waals surface area contributed by atoms with Crippen molar-refractivity contribution in [3.8, 4) is 11.1 Å². The molecule has 0 radical (unpaired) electrons. The number of amides is 1. The second-order valence-corrected chi connectivity index (χ2v) is 10.1. The molecule has 186 valence electrons. The number of aromatic amines is 1.